The summed E-state index contributed by atoms with van der Waals surface area (Å²) in [6, 6.07) is 11.9. The van der Waals surface area contributed by atoms with Gasteiger partial charge in [0.25, 0.3) is 5.91 Å². The molecule has 2 aromatic rings. The molecule has 1 unspecified atom stereocenters. The average Bonchev–Trinajstić information content (AvgIpc) is 3.29. The molecular formula is C24H31N3O4S. The highest BCUT2D eigenvalue weighted by molar-refractivity contribution is 7.89. The van der Waals surface area contributed by atoms with Crippen LogP contribution in [0.15, 0.2) is 47.4 Å². The number of hydrogen-bond donors (Lipinski definition) is 1. The summed E-state index contributed by atoms with van der Waals surface area (Å²) in [6.45, 7) is 4.88. The second-order valence-electron chi connectivity index (χ2n) is 8.45. The lowest BCUT2D eigenvalue weighted by Crippen LogP contribution is -2.49. The monoisotopic (exact) mass is 457 g/mol. The van der Waals surface area contributed by atoms with Crippen LogP contribution in [-0.2, 0) is 21.2 Å². The maximum Gasteiger partial charge on any atom is 0.251 e. The van der Waals surface area contributed by atoms with E-state index in [2.05, 4.69) is 5.32 Å². The van der Waals surface area contributed by atoms with Crippen LogP contribution >= 0.6 is 0 Å². The zero-order chi connectivity index (χ0) is 23.5. The molecule has 2 aromatic carbocycles. The first-order chi connectivity index (χ1) is 15.1. The Hall–Kier alpha value is -2.71. The molecule has 0 bridgehead atoms. The molecule has 172 valence electrons. The minimum atomic E-state index is -3.71. The third-order valence-corrected chi connectivity index (χ3v) is 7.89. The highest BCUT2D eigenvalue weighted by Gasteiger charge is 2.29. The topological polar surface area (TPSA) is 86.8 Å². The molecule has 1 aliphatic rings. The summed E-state index contributed by atoms with van der Waals surface area (Å²) in [6.07, 6.45) is 2.29. The van der Waals surface area contributed by atoms with Crippen LogP contribution < -0.4 is 5.32 Å². The number of sulfonamides is 1. The molecule has 0 aromatic heterocycles. The molecule has 1 aliphatic heterocycles. The van der Waals surface area contributed by atoms with Gasteiger partial charge in [0, 0.05) is 39.2 Å². The van der Waals surface area contributed by atoms with Crippen molar-refractivity contribution in [3.63, 3.8) is 0 Å². The van der Waals surface area contributed by atoms with E-state index in [-0.39, 0.29) is 16.4 Å². The number of likely N-dealkylation sites (tertiary alicyclic amines) is 1. The molecule has 1 saturated heterocycles. The van der Waals surface area contributed by atoms with Gasteiger partial charge in [0.15, 0.2) is 0 Å². The Kier molecular flexibility index (Phi) is 7.36. The van der Waals surface area contributed by atoms with Crippen molar-refractivity contribution in [2.45, 2.75) is 44.0 Å². The number of benzene rings is 2. The first-order valence-corrected chi connectivity index (χ1v) is 12.2. The SMILES string of the molecule is Cc1cc(C(=O)NC(Cc2ccccc2)C(=O)N2CCCC2)cc(S(=O)(=O)N(C)C)c1C. The fourth-order valence-electron chi connectivity index (χ4n) is 3.87. The van der Waals surface area contributed by atoms with Gasteiger partial charge in [-0.3, -0.25) is 9.59 Å². The van der Waals surface area contributed by atoms with Crippen molar-refractivity contribution in [3.05, 3.63) is 64.7 Å². The van der Waals surface area contributed by atoms with Crippen molar-refractivity contribution >= 4 is 21.8 Å². The van der Waals surface area contributed by atoms with Crippen LogP contribution in [0, 0.1) is 13.8 Å². The summed E-state index contributed by atoms with van der Waals surface area (Å²) < 4.78 is 26.6. The largest absolute Gasteiger partial charge is 0.341 e. The van der Waals surface area contributed by atoms with Gasteiger partial charge in [-0.05, 0) is 55.5 Å². The quantitative estimate of drug-likeness (QED) is 0.692. The van der Waals surface area contributed by atoms with E-state index in [0.29, 0.717) is 30.6 Å². The zero-order valence-corrected chi connectivity index (χ0v) is 19.9. The molecule has 1 heterocycles. The van der Waals surface area contributed by atoms with Crippen molar-refractivity contribution < 1.29 is 18.0 Å². The Morgan fingerprint density at radius 3 is 2.28 bits per heavy atom. The normalized spacial score (nSPS) is 15.1. The van der Waals surface area contributed by atoms with E-state index < -0.39 is 22.0 Å². The molecule has 1 fully saturated rings. The molecule has 0 radical (unpaired) electrons. The molecule has 8 heteroatoms. The van der Waals surface area contributed by atoms with Gasteiger partial charge in [0.2, 0.25) is 15.9 Å². The number of hydrogen-bond acceptors (Lipinski definition) is 4. The van der Waals surface area contributed by atoms with Gasteiger partial charge in [-0.2, -0.15) is 0 Å². The van der Waals surface area contributed by atoms with Crippen LogP contribution in [0.1, 0.15) is 39.9 Å². The first kappa shape index (κ1) is 23.9. The molecular weight excluding hydrogens is 426 g/mol. The average molecular weight is 458 g/mol. The van der Waals surface area contributed by atoms with Crippen LogP contribution in [0.3, 0.4) is 0 Å². The van der Waals surface area contributed by atoms with E-state index in [1.165, 1.54) is 20.2 Å². The number of carbonyl (C=O) groups is 2. The second kappa shape index (κ2) is 9.83. The third-order valence-electron chi connectivity index (χ3n) is 5.94. The van der Waals surface area contributed by atoms with E-state index in [1.807, 2.05) is 30.3 Å². The highest BCUT2D eigenvalue weighted by Crippen LogP contribution is 2.23. The molecule has 1 atom stereocenters. The highest BCUT2D eigenvalue weighted by atomic mass is 32.2. The lowest BCUT2D eigenvalue weighted by atomic mass is 10.0. The number of aryl methyl sites for hydroxylation is 1. The Morgan fingerprint density at radius 2 is 1.69 bits per heavy atom. The van der Waals surface area contributed by atoms with E-state index in [0.717, 1.165) is 22.7 Å². The number of amides is 2. The molecule has 32 heavy (non-hydrogen) atoms. The summed E-state index contributed by atoms with van der Waals surface area (Å²) in [7, 11) is -0.795. The number of nitrogens with zero attached hydrogens (tertiary/aromatic N) is 2. The van der Waals surface area contributed by atoms with Crippen molar-refractivity contribution in [1.29, 1.82) is 0 Å². The summed E-state index contributed by atoms with van der Waals surface area (Å²) in [5.74, 6) is -0.568. The molecule has 7 nitrogen and oxygen atoms in total. The molecule has 3 rings (SSSR count). The molecule has 0 spiro atoms. The fraction of sp³-hybridized carbons (Fsp3) is 0.417. The van der Waals surface area contributed by atoms with Gasteiger partial charge in [-0.1, -0.05) is 30.3 Å². The Bertz CT molecular complexity index is 1090. The maximum atomic E-state index is 13.2. The lowest BCUT2D eigenvalue weighted by molar-refractivity contribution is -0.132. The van der Waals surface area contributed by atoms with E-state index >= 15 is 0 Å². The lowest BCUT2D eigenvalue weighted by Gasteiger charge is -2.24. The smallest absolute Gasteiger partial charge is 0.251 e. The van der Waals surface area contributed by atoms with E-state index in [1.54, 1.807) is 24.8 Å². The summed E-state index contributed by atoms with van der Waals surface area (Å²) in [4.78, 5) is 28.2. The van der Waals surface area contributed by atoms with Crippen LogP contribution in [0.2, 0.25) is 0 Å². The Labute approximate surface area is 190 Å². The van der Waals surface area contributed by atoms with Crippen molar-refractivity contribution in [2.24, 2.45) is 0 Å². The fourth-order valence-corrected chi connectivity index (χ4v) is 5.09. The van der Waals surface area contributed by atoms with Gasteiger partial charge < -0.3 is 10.2 Å². The predicted molar refractivity (Wildman–Crippen MR) is 124 cm³/mol. The van der Waals surface area contributed by atoms with Crippen LogP contribution in [0.4, 0.5) is 0 Å². The maximum absolute atomic E-state index is 13.2. The van der Waals surface area contributed by atoms with Gasteiger partial charge in [0.05, 0.1) is 4.90 Å². The van der Waals surface area contributed by atoms with Crippen molar-refractivity contribution in [2.75, 3.05) is 27.2 Å². The van der Waals surface area contributed by atoms with Crippen LogP contribution in [0.5, 0.6) is 0 Å². The standard InChI is InChI=1S/C24H31N3O4S/c1-17-14-20(16-22(18(17)2)32(30,31)26(3)4)23(28)25-21(15-19-10-6-5-7-11-19)24(29)27-12-8-9-13-27/h5-7,10-11,14,16,21H,8-9,12-13,15H2,1-4H3,(H,25,28). The minimum absolute atomic E-state index is 0.0955. The molecule has 2 amide bonds. The van der Waals surface area contributed by atoms with Gasteiger partial charge in [-0.15, -0.1) is 0 Å². The number of nitrogens with one attached hydrogen (secondary N) is 1. The van der Waals surface area contributed by atoms with Gasteiger partial charge in [0.1, 0.15) is 6.04 Å². The Morgan fingerprint density at radius 1 is 1.06 bits per heavy atom. The molecule has 0 saturated carbocycles. The summed E-state index contributed by atoms with van der Waals surface area (Å²) >= 11 is 0. The third kappa shape index (κ3) is 5.19. The first-order valence-electron chi connectivity index (χ1n) is 10.8. The summed E-state index contributed by atoms with van der Waals surface area (Å²) in [5, 5.41) is 2.87. The van der Waals surface area contributed by atoms with Crippen LogP contribution in [-0.4, -0.2) is 62.7 Å². The molecule has 1 N–H and O–H groups in total. The second-order valence-corrected chi connectivity index (χ2v) is 10.6. The minimum Gasteiger partial charge on any atom is -0.341 e. The Balaban J connectivity index is 1.91. The number of carbonyl (C=O) groups excluding carboxylic acids is 2. The van der Waals surface area contributed by atoms with E-state index in [9.17, 15) is 18.0 Å². The van der Waals surface area contributed by atoms with E-state index in [4.69, 9.17) is 0 Å². The van der Waals surface area contributed by atoms with Crippen molar-refractivity contribution in [1.82, 2.24) is 14.5 Å². The number of rotatable bonds is 7. The zero-order valence-electron chi connectivity index (χ0n) is 19.1. The van der Waals surface area contributed by atoms with Gasteiger partial charge >= 0.3 is 0 Å². The molecule has 0 aliphatic carbocycles. The van der Waals surface area contributed by atoms with Crippen LogP contribution in [0.25, 0.3) is 0 Å². The predicted octanol–water partition coefficient (Wildman–Crippen LogP) is 2.52. The van der Waals surface area contributed by atoms with Crippen molar-refractivity contribution in [3.8, 4) is 0 Å². The van der Waals surface area contributed by atoms with Gasteiger partial charge in [-0.25, -0.2) is 12.7 Å². The summed E-state index contributed by atoms with van der Waals surface area (Å²) in [5.41, 5.74) is 2.47.